The molecule has 1 aromatic carbocycles. The highest BCUT2D eigenvalue weighted by Crippen LogP contribution is 2.23. The molecule has 2 rings (SSSR count). The van der Waals surface area contributed by atoms with Gasteiger partial charge >= 0.3 is 0 Å². The summed E-state index contributed by atoms with van der Waals surface area (Å²) in [6, 6.07) is 8.18. The van der Waals surface area contributed by atoms with Gasteiger partial charge in [-0.25, -0.2) is 0 Å². The van der Waals surface area contributed by atoms with E-state index in [2.05, 4.69) is 18.3 Å². The van der Waals surface area contributed by atoms with Crippen LogP contribution in [0, 0.1) is 5.92 Å². The maximum absolute atomic E-state index is 12.2. The van der Waals surface area contributed by atoms with Crippen LogP contribution in [0.5, 0.6) is 5.75 Å². The van der Waals surface area contributed by atoms with Gasteiger partial charge < -0.3 is 15.0 Å². The van der Waals surface area contributed by atoms with Crippen molar-refractivity contribution in [3.63, 3.8) is 0 Å². The Morgan fingerprint density at radius 2 is 2.24 bits per heavy atom. The Morgan fingerprint density at radius 3 is 2.95 bits per heavy atom. The van der Waals surface area contributed by atoms with E-state index in [0.29, 0.717) is 12.3 Å². The molecule has 21 heavy (non-hydrogen) atoms. The lowest BCUT2D eigenvalue weighted by Crippen LogP contribution is -2.37. The van der Waals surface area contributed by atoms with Crippen molar-refractivity contribution in [3.8, 4) is 5.75 Å². The Morgan fingerprint density at radius 1 is 1.43 bits per heavy atom. The first kappa shape index (κ1) is 15.8. The van der Waals surface area contributed by atoms with Gasteiger partial charge in [0.05, 0.1) is 7.11 Å². The Hall–Kier alpha value is -1.55. The van der Waals surface area contributed by atoms with Gasteiger partial charge in [-0.05, 0) is 43.5 Å². The quantitative estimate of drug-likeness (QED) is 0.906. The molecular formula is C17H26N2O2. The molecule has 0 radical (unpaired) electrons. The number of carbonyl (C=O) groups is 1. The summed E-state index contributed by atoms with van der Waals surface area (Å²) < 4.78 is 5.29. The molecular weight excluding hydrogens is 264 g/mol. The van der Waals surface area contributed by atoms with Crippen molar-refractivity contribution in [2.45, 2.75) is 32.2 Å². The largest absolute Gasteiger partial charge is 0.497 e. The van der Waals surface area contributed by atoms with Crippen LogP contribution in [-0.4, -0.2) is 38.1 Å². The molecule has 1 aliphatic heterocycles. The molecule has 0 bridgehead atoms. The summed E-state index contributed by atoms with van der Waals surface area (Å²) in [4.78, 5) is 14.2. The zero-order valence-electron chi connectivity index (χ0n) is 13.3. The molecule has 0 spiro atoms. The molecule has 1 aromatic rings. The van der Waals surface area contributed by atoms with Crippen LogP contribution in [-0.2, 0) is 4.79 Å². The van der Waals surface area contributed by atoms with Crippen LogP contribution in [0.4, 0.5) is 0 Å². The number of likely N-dealkylation sites (tertiary alicyclic amines) is 1. The molecule has 1 saturated heterocycles. The van der Waals surface area contributed by atoms with E-state index in [1.165, 1.54) is 0 Å². The van der Waals surface area contributed by atoms with Crippen molar-refractivity contribution < 1.29 is 9.53 Å². The number of nitrogens with zero attached hydrogens (tertiary/aromatic N) is 1. The number of benzene rings is 1. The Balaban J connectivity index is 2.08. The van der Waals surface area contributed by atoms with Gasteiger partial charge in [0.2, 0.25) is 5.91 Å². The van der Waals surface area contributed by atoms with Gasteiger partial charge in [-0.3, -0.25) is 4.79 Å². The maximum Gasteiger partial charge on any atom is 0.222 e. The lowest BCUT2D eigenvalue weighted by molar-refractivity contribution is -0.131. The minimum atomic E-state index is 0.137. The summed E-state index contributed by atoms with van der Waals surface area (Å²) in [6.45, 7) is 3.81. The monoisotopic (exact) mass is 290 g/mol. The molecule has 1 N–H and O–H groups in total. The van der Waals surface area contributed by atoms with Gasteiger partial charge in [0.1, 0.15) is 5.75 Å². The summed E-state index contributed by atoms with van der Waals surface area (Å²) >= 11 is 0. The second-order valence-corrected chi connectivity index (χ2v) is 5.89. The number of ether oxygens (including phenoxy) is 1. The number of hydrogen-bond donors (Lipinski definition) is 1. The van der Waals surface area contributed by atoms with E-state index in [1.807, 2.05) is 30.1 Å². The molecule has 2 atom stereocenters. The van der Waals surface area contributed by atoms with E-state index in [-0.39, 0.29) is 11.9 Å². The number of carbonyl (C=O) groups excluding carboxylic acids is 1. The van der Waals surface area contributed by atoms with Crippen LogP contribution in [0.2, 0.25) is 0 Å². The predicted molar refractivity (Wildman–Crippen MR) is 84.4 cm³/mol. The van der Waals surface area contributed by atoms with Gasteiger partial charge in [-0.1, -0.05) is 19.1 Å². The minimum absolute atomic E-state index is 0.137. The number of amides is 1. The zero-order chi connectivity index (χ0) is 15.2. The zero-order valence-corrected chi connectivity index (χ0v) is 13.3. The molecule has 0 saturated carbocycles. The summed E-state index contributed by atoms with van der Waals surface area (Å²) in [7, 11) is 3.61. The molecule has 4 heteroatoms. The van der Waals surface area contributed by atoms with Crippen molar-refractivity contribution in [2.24, 2.45) is 5.92 Å². The first-order chi connectivity index (χ1) is 10.1. The first-order valence-corrected chi connectivity index (χ1v) is 7.73. The molecule has 4 nitrogen and oxygen atoms in total. The van der Waals surface area contributed by atoms with E-state index in [0.717, 1.165) is 37.2 Å². The van der Waals surface area contributed by atoms with Gasteiger partial charge in [-0.15, -0.1) is 0 Å². The van der Waals surface area contributed by atoms with Crippen molar-refractivity contribution in [1.29, 1.82) is 0 Å². The van der Waals surface area contributed by atoms with Crippen molar-refractivity contribution >= 4 is 5.91 Å². The number of likely N-dealkylation sites (N-methyl/N-ethyl adjacent to an activating group) is 1. The fourth-order valence-corrected chi connectivity index (χ4v) is 2.81. The third-order valence-corrected chi connectivity index (χ3v) is 4.34. The highest BCUT2D eigenvalue weighted by molar-refractivity contribution is 5.76. The molecule has 1 aliphatic rings. The topological polar surface area (TPSA) is 41.6 Å². The number of nitrogens with one attached hydrogen (secondary N) is 1. The highest BCUT2D eigenvalue weighted by Gasteiger charge is 2.23. The summed E-state index contributed by atoms with van der Waals surface area (Å²) in [6.07, 6.45) is 2.79. The van der Waals surface area contributed by atoms with Gasteiger partial charge in [0, 0.05) is 25.6 Å². The van der Waals surface area contributed by atoms with Gasteiger partial charge in [-0.2, -0.15) is 0 Å². The smallest absolute Gasteiger partial charge is 0.222 e. The van der Waals surface area contributed by atoms with E-state index >= 15 is 0 Å². The predicted octanol–water partition coefficient (Wildman–Crippen LogP) is 2.60. The number of rotatable bonds is 5. The maximum atomic E-state index is 12.2. The molecule has 0 aromatic heterocycles. The van der Waals surface area contributed by atoms with Crippen LogP contribution in [0.3, 0.4) is 0 Å². The first-order valence-electron chi connectivity index (χ1n) is 7.73. The molecule has 1 amide bonds. The third-order valence-electron chi connectivity index (χ3n) is 4.34. The van der Waals surface area contributed by atoms with Gasteiger partial charge in [0.25, 0.3) is 0 Å². The molecule has 2 unspecified atom stereocenters. The van der Waals surface area contributed by atoms with E-state index in [4.69, 9.17) is 4.74 Å². The molecule has 116 valence electrons. The number of methoxy groups -OCH3 is 1. The van der Waals surface area contributed by atoms with Crippen LogP contribution in [0.15, 0.2) is 24.3 Å². The Kier molecular flexibility index (Phi) is 5.62. The van der Waals surface area contributed by atoms with Crippen LogP contribution in [0.25, 0.3) is 0 Å². The average Bonchev–Trinajstić information content (AvgIpc) is 2.67. The summed E-state index contributed by atoms with van der Waals surface area (Å²) in [5, 5.41) is 3.32. The Bertz CT molecular complexity index is 476. The second kappa shape index (κ2) is 7.46. The van der Waals surface area contributed by atoms with Crippen molar-refractivity contribution in [1.82, 2.24) is 10.2 Å². The minimum Gasteiger partial charge on any atom is -0.497 e. The lowest BCUT2D eigenvalue weighted by atomic mass is 10.0. The summed E-state index contributed by atoms with van der Waals surface area (Å²) in [5.74, 6) is 1.77. The number of hydrogen-bond acceptors (Lipinski definition) is 3. The average molecular weight is 290 g/mol. The van der Waals surface area contributed by atoms with Crippen molar-refractivity contribution in [3.05, 3.63) is 29.8 Å². The SMILES string of the molecule is CNC(CN1CCC(C)CCC1=O)c1cccc(OC)c1. The van der Waals surface area contributed by atoms with Crippen LogP contribution in [0.1, 0.15) is 37.8 Å². The second-order valence-electron chi connectivity index (χ2n) is 5.89. The van der Waals surface area contributed by atoms with E-state index in [9.17, 15) is 4.79 Å². The standard InChI is InChI=1S/C17H26N2O2/c1-13-7-8-17(20)19(10-9-13)12-16(18-2)14-5-4-6-15(11-14)21-3/h4-6,11,13,16,18H,7-10,12H2,1-3H3. The molecule has 1 heterocycles. The van der Waals surface area contributed by atoms with Gasteiger partial charge in [0.15, 0.2) is 0 Å². The highest BCUT2D eigenvalue weighted by atomic mass is 16.5. The molecule has 1 fully saturated rings. The van der Waals surface area contributed by atoms with Crippen LogP contribution < -0.4 is 10.1 Å². The lowest BCUT2D eigenvalue weighted by Gasteiger charge is -2.27. The van der Waals surface area contributed by atoms with Crippen LogP contribution >= 0.6 is 0 Å². The Labute approximate surface area is 127 Å². The van der Waals surface area contributed by atoms with E-state index in [1.54, 1.807) is 7.11 Å². The molecule has 0 aliphatic carbocycles. The third kappa shape index (κ3) is 4.21. The normalized spacial score (nSPS) is 21.0. The van der Waals surface area contributed by atoms with E-state index < -0.39 is 0 Å². The fourth-order valence-electron chi connectivity index (χ4n) is 2.81. The van der Waals surface area contributed by atoms with Crippen molar-refractivity contribution in [2.75, 3.05) is 27.2 Å². The summed E-state index contributed by atoms with van der Waals surface area (Å²) in [5.41, 5.74) is 1.15. The fraction of sp³-hybridized carbons (Fsp3) is 0.588.